The minimum atomic E-state index is 0.489. The van der Waals surface area contributed by atoms with Crippen molar-refractivity contribution in [2.75, 3.05) is 0 Å². The van der Waals surface area contributed by atoms with Crippen molar-refractivity contribution in [3.8, 4) is 11.3 Å². The molecule has 1 nitrogen and oxygen atoms in total. The van der Waals surface area contributed by atoms with E-state index < -0.39 is 0 Å². The smallest absolute Gasteiger partial charge is 0.198 e. The quantitative estimate of drug-likeness (QED) is 0.445. The van der Waals surface area contributed by atoms with E-state index >= 15 is 0 Å². The number of fused-ring (bicyclic) bond motifs is 1. The van der Waals surface area contributed by atoms with Gasteiger partial charge in [0.15, 0.2) is 5.69 Å². The highest BCUT2D eigenvalue weighted by Crippen LogP contribution is 2.34. The topological polar surface area (TPSA) is 3.88 Å². The van der Waals surface area contributed by atoms with Gasteiger partial charge in [-0.25, -0.2) is 0 Å². The first-order valence-electron chi connectivity index (χ1n) is 10.7. The molecule has 142 valence electrons. The second-order valence-electron chi connectivity index (χ2n) is 8.40. The highest BCUT2D eigenvalue weighted by molar-refractivity contribution is 5.94. The van der Waals surface area contributed by atoms with E-state index in [0.29, 0.717) is 17.9 Å². The third-order valence-corrected chi connectivity index (χ3v) is 6.25. The summed E-state index contributed by atoms with van der Waals surface area (Å²) >= 11 is 0. The molecule has 1 aromatic heterocycles. The number of hydrogen-bond acceptors (Lipinski definition) is 0. The predicted octanol–water partition coefficient (Wildman–Crippen LogP) is 6.89. The Labute approximate surface area is 166 Å². The third-order valence-electron chi connectivity index (χ3n) is 6.25. The van der Waals surface area contributed by atoms with Crippen molar-refractivity contribution in [1.29, 1.82) is 0 Å². The Balaban J connectivity index is 2.42. The van der Waals surface area contributed by atoms with Gasteiger partial charge in [0.2, 0.25) is 5.69 Å². The number of pyridine rings is 1. The average Bonchev–Trinajstić information content (AvgIpc) is 2.68. The summed E-state index contributed by atoms with van der Waals surface area (Å²) in [5.74, 6) is 0.998. The van der Waals surface area contributed by atoms with Crippen LogP contribution in [-0.2, 0) is 7.05 Å². The molecule has 1 unspecified atom stereocenters. The monoisotopic (exact) mass is 361 g/mol. The Morgan fingerprint density at radius 1 is 1.00 bits per heavy atom. The van der Waals surface area contributed by atoms with Gasteiger partial charge >= 0.3 is 0 Å². The summed E-state index contributed by atoms with van der Waals surface area (Å²) in [5.41, 5.74) is 8.87. The van der Waals surface area contributed by atoms with Gasteiger partial charge in [0.05, 0.1) is 12.3 Å². The lowest BCUT2D eigenvalue weighted by atomic mass is 9.89. The first kappa shape index (κ1) is 18.2. The molecule has 0 saturated carbocycles. The maximum Gasteiger partial charge on any atom is 0.220 e. The van der Waals surface area contributed by atoms with Crippen molar-refractivity contribution in [1.82, 2.24) is 0 Å². The first-order valence-corrected chi connectivity index (χ1v) is 10.2. The molecule has 0 saturated heterocycles. The fraction of sp³-hybridized carbons (Fsp3) is 0.423. The summed E-state index contributed by atoms with van der Waals surface area (Å²) in [4.78, 5) is 0. The van der Waals surface area contributed by atoms with Crippen molar-refractivity contribution < 1.29 is 5.94 Å². The summed E-state index contributed by atoms with van der Waals surface area (Å²) in [6.45, 7) is 15.5. The van der Waals surface area contributed by atoms with Crippen LogP contribution in [0.25, 0.3) is 22.0 Å². The van der Waals surface area contributed by atoms with Crippen LogP contribution >= 0.6 is 0 Å². The van der Waals surface area contributed by atoms with Gasteiger partial charge in [-0.2, -0.15) is 4.57 Å². The van der Waals surface area contributed by atoms with Gasteiger partial charge in [0, 0.05) is 13.0 Å². The highest BCUT2D eigenvalue weighted by Gasteiger charge is 2.22. The fourth-order valence-corrected chi connectivity index (χ4v) is 3.83. The minimum absolute atomic E-state index is 0.489. The minimum Gasteiger partial charge on any atom is -0.198 e. The van der Waals surface area contributed by atoms with Gasteiger partial charge < -0.3 is 0 Å². The van der Waals surface area contributed by atoms with E-state index in [1.807, 2.05) is 0 Å². The van der Waals surface area contributed by atoms with Crippen LogP contribution < -0.4 is 4.57 Å². The van der Waals surface area contributed by atoms with Crippen molar-refractivity contribution in [2.24, 2.45) is 7.05 Å². The van der Waals surface area contributed by atoms with Gasteiger partial charge in [0.25, 0.3) is 0 Å². The van der Waals surface area contributed by atoms with Gasteiger partial charge in [-0.15, -0.1) is 0 Å². The molecule has 0 aliphatic rings. The van der Waals surface area contributed by atoms with Crippen LogP contribution in [0.5, 0.6) is 0 Å². The van der Waals surface area contributed by atoms with Crippen LogP contribution in [0, 0.1) is 20.8 Å². The molecule has 0 amide bonds. The van der Waals surface area contributed by atoms with E-state index in [9.17, 15) is 0 Å². The zero-order valence-electron chi connectivity index (χ0n) is 19.2. The van der Waals surface area contributed by atoms with Crippen molar-refractivity contribution >= 4 is 10.8 Å². The predicted molar refractivity (Wildman–Crippen MR) is 118 cm³/mol. The Morgan fingerprint density at radius 3 is 2.33 bits per heavy atom. The molecule has 0 fully saturated rings. The lowest BCUT2D eigenvalue weighted by Gasteiger charge is -2.16. The summed E-state index contributed by atoms with van der Waals surface area (Å²) < 4.78 is 11.0. The summed E-state index contributed by atoms with van der Waals surface area (Å²) in [6, 6.07) is 12.0. The molecular formula is C26H34N+. The number of aryl methyl sites for hydroxylation is 1. The molecule has 0 aliphatic carbocycles. The van der Waals surface area contributed by atoms with E-state index in [-0.39, 0.29) is 0 Å². The van der Waals surface area contributed by atoms with Gasteiger partial charge in [-0.05, 0) is 71.9 Å². The molecule has 0 N–H and O–H groups in total. The molecule has 1 heterocycles. The third kappa shape index (κ3) is 3.52. The van der Waals surface area contributed by atoms with Crippen molar-refractivity contribution in [3.63, 3.8) is 0 Å². The number of hydrogen-bond donors (Lipinski definition) is 0. The van der Waals surface area contributed by atoms with Crippen LogP contribution in [0.15, 0.2) is 36.4 Å². The van der Waals surface area contributed by atoms with E-state index in [1.165, 1.54) is 38.9 Å². The van der Waals surface area contributed by atoms with Crippen molar-refractivity contribution in [3.05, 3.63) is 64.3 Å². The Hall–Kier alpha value is -2.15. The van der Waals surface area contributed by atoms with E-state index in [4.69, 9.17) is 1.37 Å². The number of rotatable bonds is 4. The van der Waals surface area contributed by atoms with Crippen LogP contribution in [0.1, 0.15) is 75.3 Å². The molecular weight excluding hydrogens is 326 g/mol. The van der Waals surface area contributed by atoms with E-state index in [0.717, 1.165) is 17.5 Å². The zero-order chi connectivity index (χ0) is 20.7. The SMILES string of the molecule is [2H]c1c(C)[n+](C)c(-c2cc(C(C)C)cc(C)c2C)c2ccc(C(C)CC)cc12. The average molecular weight is 362 g/mol. The summed E-state index contributed by atoms with van der Waals surface area (Å²) in [6.07, 6.45) is 1.11. The molecule has 1 heteroatoms. The maximum atomic E-state index is 8.77. The summed E-state index contributed by atoms with van der Waals surface area (Å²) in [5, 5.41) is 2.24. The largest absolute Gasteiger partial charge is 0.220 e. The highest BCUT2D eigenvalue weighted by atomic mass is 14.9. The van der Waals surface area contributed by atoms with Gasteiger partial charge in [0.1, 0.15) is 7.05 Å². The maximum absolute atomic E-state index is 8.77. The van der Waals surface area contributed by atoms with Crippen LogP contribution in [-0.4, -0.2) is 0 Å². The second kappa shape index (κ2) is 7.46. The van der Waals surface area contributed by atoms with Gasteiger partial charge in [-0.3, -0.25) is 0 Å². The van der Waals surface area contributed by atoms with Crippen molar-refractivity contribution in [2.45, 2.75) is 66.7 Å². The Bertz CT molecular complexity index is 1050. The van der Waals surface area contributed by atoms with Crippen LogP contribution in [0.4, 0.5) is 0 Å². The van der Waals surface area contributed by atoms with Crippen LogP contribution in [0.3, 0.4) is 0 Å². The standard InChI is InChI=1S/C26H34N/c1-9-17(4)21-10-11-24-23(14-21)13-19(6)27(8)26(24)25-15-22(16(2)3)12-18(5)20(25)7/h10-17H,9H2,1-8H3/q+1/i13D. The van der Waals surface area contributed by atoms with Gasteiger partial charge in [-0.1, -0.05) is 45.9 Å². The zero-order valence-corrected chi connectivity index (χ0v) is 18.2. The molecule has 3 rings (SSSR count). The molecule has 3 aromatic rings. The number of aromatic nitrogens is 1. The molecule has 2 aromatic carbocycles. The van der Waals surface area contributed by atoms with E-state index in [1.54, 1.807) is 0 Å². The lowest BCUT2D eigenvalue weighted by Crippen LogP contribution is -2.35. The van der Waals surface area contributed by atoms with E-state index in [2.05, 4.69) is 90.4 Å². The normalized spacial score (nSPS) is 13.3. The molecule has 0 aliphatic heterocycles. The Morgan fingerprint density at radius 2 is 1.70 bits per heavy atom. The molecule has 0 spiro atoms. The first-order chi connectivity index (χ1) is 13.2. The fourth-order valence-electron chi connectivity index (χ4n) is 3.83. The second-order valence-corrected chi connectivity index (χ2v) is 8.40. The molecule has 0 bridgehead atoms. The number of benzene rings is 2. The Kier molecular flexibility index (Phi) is 5.04. The lowest BCUT2D eigenvalue weighted by molar-refractivity contribution is -0.665. The molecule has 0 radical (unpaired) electrons. The molecule has 27 heavy (non-hydrogen) atoms. The molecule has 1 atom stereocenters. The summed E-state index contributed by atoms with van der Waals surface area (Å²) in [7, 11) is 2.10. The van der Waals surface area contributed by atoms with Crippen LogP contribution in [0.2, 0.25) is 0 Å². The number of nitrogens with zero attached hydrogens (tertiary/aromatic N) is 1.